The van der Waals surface area contributed by atoms with Crippen LogP contribution in [-0.4, -0.2) is 18.0 Å². The first-order valence-electron chi connectivity index (χ1n) is 7.09. The van der Waals surface area contributed by atoms with Gasteiger partial charge in [-0.3, -0.25) is 15.4 Å². The van der Waals surface area contributed by atoms with Crippen molar-refractivity contribution in [3.05, 3.63) is 75.3 Å². The topological polar surface area (TPSA) is 105 Å². The lowest BCUT2D eigenvalue weighted by Crippen LogP contribution is -2.29. The minimum atomic E-state index is -0.775. The van der Waals surface area contributed by atoms with Gasteiger partial charge in [-0.05, 0) is 23.3 Å². The van der Waals surface area contributed by atoms with E-state index in [9.17, 15) is 14.9 Å². The van der Waals surface area contributed by atoms with E-state index in [1.165, 1.54) is 19.2 Å². The van der Waals surface area contributed by atoms with E-state index in [1.807, 2.05) is 6.07 Å². The highest BCUT2D eigenvalue weighted by Gasteiger charge is 2.21. The molecule has 0 amide bonds. The zero-order valence-corrected chi connectivity index (χ0v) is 12.9. The van der Waals surface area contributed by atoms with E-state index in [0.29, 0.717) is 16.7 Å². The molecule has 0 fully saturated rings. The van der Waals surface area contributed by atoms with E-state index >= 15 is 0 Å². The maximum absolute atomic E-state index is 12.0. The number of nitrogens with zero attached hydrogens (tertiary/aromatic N) is 2. The minimum Gasteiger partial charge on any atom is -0.468 e. The number of ether oxygens (including phenoxy) is 1. The molecule has 7 nitrogen and oxygen atoms in total. The number of rotatable bonds is 6. The van der Waals surface area contributed by atoms with Crippen LogP contribution >= 0.6 is 0 Å². The Bertz CT molecular complexity index is 798. The Morgan fingerprint density at radius 1 is 1.33 bits per heavy atom. The summed E-state index contributed by atoms with van der Waals surface area (Å²) in [7, 11) is 1.28. The first-order chi connectivity index (χ1) is 11.5. The number of esters is 1. The van der Waals surface area contributed by atoms with Crippen LogP contribution in [0, 0.1) is 21.4 Å². The predicted octanol–water partition coefficient (Wildman–Crippen LogP) is 2.47. The molecular formula is C17H15N3O4. The fraction of sp³-hybridized carbons (Fsp3) is 0.176. The van der Waals surface area contributed by atoms with Gasteiger partial charge in [0.1, 0.15) is 6.04 Å². The molecule has 7 heteroatoms. The van der Waals surface area contributed by atoms with Crippen molar-refractivity contribution in [3.8, 4) is 6.07 Å². The molecule has 0 saturated heterocycles. The average Bonchev–Trinajstić information content (AvgIpc) is 2.62. The summed E-state index contributed by atoms with van der Waals surface area (Å²) < 4.78 is 4.80. The Balaban J connectivity index is 2.21. The fourth-order valence-electron chi connectivity index (χ4n) is 2.24. The number of benzene rings is 2. The third kappa shape index (κ3) is 4.15. The van der Waals surface area contributed by atoms with E-state index < -0.39 is 16.9 Å². The van der Waals surface area contributed by atoms with Gasteiger partial charge >= 0.3 is 5.97 Å². The molecule has 0 bridgehead atoms. The van der Waals surface area contributed by atoms with Gasteiger partial charge in [0.15, 0.2) is 0 Å². The molecule has 2 aromatic rings. The lowest BCUT2D eigenvalue weighted by molar-refractivity contribution is -0.384. The molecule has 0 aliphatic carbocycles. The normalized spacial score (nSPS) is 11.3. The van der Waals surface area contributed by atoms with Crippen molar-refractivity contribution in [2.75, 3.05) is 7.11 Å². The van der Waals surface area contributed by atoms with Crippen molar-refractivity contribution >= 4 is 11.7 Å². The second kappa shape index (κ2) is 7.85. The summed E-state index contributed by atoms with van der Waals surface area (Å²) in [5.74, 6) is -0.504. The Morgan fingerprint density at radius 2 is 2.08 bits per heavy atom. The van der Waals surface area contributed by atoms with Crippen LogP contribution in [0.1, 0.15) is 22.7 Å². The number of carbonyl (C=O) groups is 1. The van der Waals surface area contributed by atoms with Crippen LogP contribution in [0.5, 0.6) is 0 Å². The standard InChI is InChI=1S/C17H15N3O4/c1-24-17(21)16(14-6-2-4-12(8-14)10-18)19-11-13-5-3-7-15(9-13)20(22)23/h2-9,16,19H,11H2,1H3/t16-/m1/s1. The molecule has 0 aromatic heterocycles. The minimum absolute atomic E-state index is 0.0182. The molecule has 0 unspecified atom stereocenters. The molecule has 0 spiro atoms. The van der Waals surface area contributed by atoms with Crippen molar-refractivity contribution < 1.29 is 14.5 Å². The summed E-state index contributed by atoms with van der Waals surface area (Å²) in [5, 5.41) is 22.8. The number of carbonyl (C=O) groups excluding carboxylic acids is 1. The van der Waals surface area contributed by atoms with Crippen LogP contribution in [0.2, 0.25) is 0 Å². The van der Waals surface area contributed by atoms with Crippen LogP contribution < -0.4 is 5.32 Å². The van der Waals surface area contributed by atoms with Crippen molar-refractivity contribution in [2.45, 2.75) is 12.6 Å². The highest BCUT2D eigenvalue weighted by Crippen LogP contribution is 2.18. The molecule has 0 saturated carbocycles. The third-order valence-electron chi connectivity index (χ3n) is 3.42. The van der Waals surface area contributed by atoms with Crippen LogP contribution in [0.15, 0.2) is 48.5 Å². The first kappa shape index (κ1) is 17.1. The zero-order chi connectivity index (χ0) is 17.5. The first-order valence-corrected chi connectivity index (χ1v) is 7.09. The summed E-state index contributed by atoms with van der Waals surface area (Å²) in [6.45, 7) is 0.234. The summed E-state index contributed by atoms with van der Waals surface area (Å²) in [6, 6.07) is 14.0. The van der Waals surface area contributed by atoms with Gasteiger partial charge in [0.25, 0.3) is 5.69 Å². The molecule has 0 radical (unpaired) electrons. The third-order valence-corrected chi connectivity index (χ3v) is 3.42. The quantitative estimate of drug-likeness (QED) is 0.497. The van der Waals surface area contributed by atoms with Crippen molar-refractivity contribution in [1.82, 2.24) is 5.32 Å². The summed E-state index contributed by atoms with van der Waals surface area (Å²) in [5.41, 5.74) is 1.66. The number of hydrogen-bond acceptors (Lipinski definition) is 6. The number of nitro groups is 1. The zero-order valence-electron chi connectivity index (χ0n) is 12.9. The van der Waals surface area contributed by atoms with Crippen molar-refractivity contribution in [2.24, 2.45) is 0 Å². The van der Waals surface area contributed by atoms with Gasteiger partial charge in [0.2, 0.25) is 0 Å². The summed E-state index contributed by atoms with van der Waals surface area (Å²) in [4.78, 5) is 22.4. The molecule has 0 aliphatic rings. The van der Waals surface area contributed by atoms with E-state index in [-0.39, 0.29) is 12.2 Å². The Morgan fingerprint density at radius 3 is 2.75 bits per heavy atom. The lowest BCUT2D eigenvalue weighted by atomic mass is 10.0. The number of nitrogens with one attached hydrogen (secondary N) is 1. The van der Waals surface area contributed by atoms with Gasteiger partial charge in [-0.2, -0.15) is 5.26 Å². The number of nitro benzene ring substituents is 1. The van der Waals surface area contributed by atoms with E-state index in [2.05, 4.69) is 5.32 Å². The lowest BCUT2D eigenvalue weighted by Gasteiger charge is -2.17. The van der Waals surface area contributed by atoms with Gasteiger partial charge in [-0.1, -0.05) is 24.3 Å². The smallest absolute Gasteiger partial charge is 0.327 e. The fourth-order valence-corrected chi connectivity index (χ4v) is 2.24. The van der Waals surface area contributed by atoms with Gasteiger partial charge in [-0.15, -0.1) is 0 Å². The van der Waals surface area contributed by atoms with Crippen LogP contribution in [-0.2, 0) is 16.1 Å². The number of methoxy groups -OCH3 is 1. The Hall–Kier alpha value is -3.24. The largest absolute Gasteiger partial charge is 0.468 e. The van der Waals surface area contributed by atoms with Gasteiger partial charge in [-0.25, -0.2) is 4.79 Å². The van der Waals surface area contributed by atoms with Crippen molar-refractivity contribution in [1.29, 1.82) is 5.26 Å². The molecule has 122 valence electrons. The molecule has 0 aliphatic heterocycles. The second-order valence-corrected chi connectivity index (χ2v) is 5.00. The molecular weight excluding hydrogens is 310 g/mol. The van der Waals surface area contributed by atoms with Crippen molar-refractivity contribution in [3.63, 3.8) is 0 Å². The SMILES string of the molecule is COC(=O)[C@H](NCc1cccc([N+](=O)[O-])c1)c1cccc(C#N)c1. The molecule has 1 N–H and O–H groups in total. The number of hydrogen-bond donors (Lipinski definition) is 1. The molecule has 1 atom stereocenters. The van der Waals surface area contributed by atoms with Crippen LogP contribution in [0.25, 0.3) is 0 Å². The molecule has 2 rings (SSSR count). The monoisotopic (exact) mass is 325 g/mol. The van der Waals surface area contributed by atoms with Crippen LogP contribution in [0.4, 0.5) is 5.69 Å². The number of nitriles is 1. The average molecular weight is 325 g/mol. The maximum Gasteiger partial charge on any atom is 0.327 e. The van der Waals surface area contributed by atoms with E-state index in [0.717, 1.165) is 0 Å². The molecule has 0 heterocycles. The van der Waals surface area contributed by atoms with Gasteiger partial charge < -0.3 is 4.74 Å². The molecule has 24 heavy (non-hydrogen) atoms. The van der Waals surface area contributed by atoms with Gasteiger partial charge in [0.05, 0.1) is 23.7 Å². The highest BCUT2D eigenvalue weighted by molar-refractivity contribution is 5.77. The van der Waals surface area contributed by atoms with E-state index in [1.54, 1.807) is 36.4 Å². The molecule has 2 aromatic carbocycles. The summed E-state index contributed by atoms with van der Waals surface area (Å²) in [6.07, 6.45) is 0. The van der Waals surface area contributed by atoms with Gasteiger partial charge in [0, 0.05) is 18.7 Å². The summed E-state index contributed by atoms with van der Waals surface area (Å²) >= 11 is 0. The highest BCUT2D eigenvalue weighted by atomic mass is 16.6. The van der Waals surface area contributed by atoms with Crippen LogP contribution in [0.3, 0.4) is 0 Å². The van der Waals surface area contributed by atoms with E-state index in [4.69, 9.17) is 10.00 Å². The maximum atomic E-state index is 12.0. The predicted molar refractivity (Wildman–Crippen MR) is 85.9 cm³/mol. The Labute approximate surface area is 138 Å². The Kier molecular flexibility index (Phi) is 5.60. The number of non-ortho nitro benzene ring substituents is 1. The second-order valence-electron chi connectivity index (χ2n) is 5.00.